The molecule has 3 aromatic rings. The first kappa shape index (κ1) is 15.8. The summed E-state index contributed by atoms with van der Waals surface area (Å²) < 4.78 is 0.918. The largest absolute Gasteiger partial charge is 0.478 e. The van der Waals surface area contributed by atoms with E-state index in [-0.39, 0.29) is 16.5 Å². The zero-order valence-electron chi connectivity index (χ0n) is 11.5. The lowest BCUT2D eigenvalue weighted by molar-refractivity contribution is 0.0697. The highest BCUT2D eigenvalue weighted by atomic mass is 35.5. The molecule has 0 fully saturated rings. The van der Waals surface area contributed by atoms with E-state index in [0.717, 1.165) is 10.1 Å². The summed E-state index contributed by atoms with van der Waals surface area (Å²) in [6, 6.07) is 11.7. The first-order valence-electron chi connectivity index (χ1n) is 6.48. The van der Waals surface area contributed by atoms with E-state index in [9.17, 15) is 9.59 Å². The maximum Gasteiger partial charge on any atom is 0.337 e. The number of rotatable bonds is 3. The fourth-order valence-electron chi connectivity index (χ4n) is 2.11. The van der Waals surface area contributed by atoms with Crippen LogP contribution in [0.1, 0.15) is 20.0 Å². The Labute approximate surface area is 145 Å². The van der Waals surface area contributed by atoms with Crippen LogP contribution in [-0.2, 0) is 0 Å². The molecule has 4 nitrogen and oxygen atoms in total. The molecule has 1 heterocycles. The van der Waals surface area contributed by atoms with Crippen molar-refractivity contribution in [2.45, 2.75) is 0 Å². The number of halogens is 2. The molecule has 0 saturated carbocycles. The third kappa shape index (κ3) is 3.03. The normalized spacial score (nSPS) is 10.7. The van der Waals surface area contributed by atoms with E-state index in [1.807, 2.05) is 24.3 Å². The Morgan fingerprint density at radius 1 is 1.09 bits per heavy atom. The summed E-state index contributed by atoms with van der Waals surface area (Å²) in [6.07, 6.45) is 0. The summed E-state index contributed by atoms with van der Waals surface area (Å²) in [4.78, 5) is 23.7. The van der Waals surface area contributed by atoms with Crippen molar-refractivity contribution in [3.63, 3.8) is 0 Å². The van der Waals surface area contributed by atoms with E-state index in [2.05, 4.69) is 5.32 Å². The molecule has 23 heavy (non-hydrogen) atoms. The molecule has 0 saturated heterocycles. The van der Waals surface area contributed by atoms with Crippen LogP contribution in [0.3, 0.4) is 0 Å². The van der Waals surface area contributed by atoms with E-state index < -0.39 is 5.97 Å². The van der Waals surface area contributed by atoms with Crippen LogP contribution in [0, 0.1) is 0 Å². The fourth-order valence-corrected chi connectivity index (χ4v) is 3.79. The second-order valence-electron chi connectivity index (χ2n) is 4.70. The molecular formula is C16H9Cl2NO3S. The number of nitrogens with one attached hydrogen (secondary N) is 1. The van der Waals surface area contributed by atoms with Crippen molar-refractivity contribution in [3.8, 4) is 0 Å². The fraction of sp³-hybridized carbons (Fsp3) is 0. The Bertz CT molecular complexity index is 936. The van der Waals surface area contributed by atoms with Gasteiger partial charge in [-0.2, -0.15) is 0 Å². The van der Waals surface area contributed by atoms with Gasteiger partial charge in [-0.3, -0.25) is 4.79 Å². The molecule has 0 aliphatic rings. The summed E-state index contributed by atoms with van der Waals surface area (Å²) in [6.45, 7) is 0. The van der Waals surface area contributed by atoms with Crippen LogP contribution in [0.15, 0.2) is 42.5 Å². The minimum Gasteiger partial charge on any atom is -0.478 e. The average molecular weight is 366 g/mol. The van der Waals surface area contributed by atoms with Crippen LogP contribution in [0.5, 0.6) is 0 Å². The van der Waals surface area contributed by atoms with Gasteiger partial charge >= 0.3 is 5.97 Å². The molecule has 1 aromatic heterocycles. The van der Waals surface area contributed by atoms with Crippen LogP contribution >= 0.6 is 34.5 Å². The van der Waals surface area contributed by atoms with Crippen molar-refractivity contribution in [3.05, 3.63) is 63.0 Å². The lowest BCUT2D eigenvalue weighted by Crippen LogP contribution is -2.11. The Balaban J connectivity index is 1.90. The number of thiophene rings is 1. The smallest absolute Gasteiger partial charge is 0.337 e. The zero-order chi connectivity index (χ0) is 16.6. The summed E-state index contributed by atoms with van der Waals surface area (Å²) in [5.74, 6) is -1.49. The molecule has 0 atom stereocenters. The molecule has 2 N–H and O–H groups in total. The highest BCUT2D eigenvalue weighted by Gasteiger charge is 2.17. The molecule has 1 amide bonds. The lowest BCUT2D eigenvalue weighted by atomic mass is 10.2. The number of aromatic carboxylic acids is 1. The van der Waals surface area contributed by atoms with Gasteiger partial charge in [0.1, 0.15) is 4.88 Å². The van der Waals surface area contributed by atoms with Gasteiger partial charge in [0.25, 0.3) is 5.91 Å². The number of amides is 1. The molecule has 116 valence electrons. The third-order valence-electron chi connectivity index (χ3n) is 3.20. The van der Waals surface area contributed by atoms with Crippen molar-refractivity contribution in [2.24, 2.45) is 0 Å². The van der Waals surface area contributed by atoms with Gasteiger partial charge in [-0.25, -0.2) is 4.79 Å². The zero-order valence-corrected chi connectivity index (χ0v) is 13.8. The molecule has 0 unspecified atom stereocenters. The average Bonchev–Trinajstić information content (AvgIpc) is 2.85. The minimum absolute atomic E-state index is 0.0236. The van der Waals surface area contributed by atoms with Gasteiger partial charge < -0.3 is 10.4 Å². The summed E-state index contributed by atoms with van der Waals surface area (Å²) in [7, 11) is 0. The third-order valence-corrected chi connectivity index (χ3v) is 5.19. The number of fused-ring (bicyclic) bond motifs is 1. The van der Waals surface area contributed by atoms with Crippen LogP contribution in [-0.4, -0.2) is 17.0 Å². The summed E-state index contributed by atoms with van der Waals surface area (Å²) in [5.41, 5.74) is 0.378. The predicted molar refractivity (Wildman–Crippen MR) is 93.2 cm³/mol. The number of carbonyl (C=O) groups excluding carboxylic acids is 1. The van der Waals surface area contributed by atoms with Crippen molar-refractivity contribution < 1.29 is 14.7 Å². The minimum atomic E-state index is -1.12. The lowest BCUT2D eigenvalue weighted by Gasteiger charge is -2.06. The number of carboxylic acids is 1. The first-order valence-corrected chi connectivity index (χ1v) is 8.06. The maximum absolute atomic E-state index is 12.4. The van der Waals surface area contributed by atoms with Crippen LogP contribution < -0.4 is 5.32 Å². The molecule has 7 heteroatoms. The standard InChI is InChI=1S/C16H9Cl2NO3S/c17-11-7-8(5-6-9(11)16(21)22)19-15(20)14-13(18)10-3-1-2-4-12(10)23-14/h1-7H,(H,19,20)(H,21,22). The monoisotopic (exact) mass is 365 g/mol. The molecule has 0 aliphatic heterocycles. The number of benzene rings is 2. The number of carbonyl (C=O) groups is 2. The molecule has 0 radical (unpaired) electrons. The predicted octanol–water partition coefficient (Wildman–Crippen LogP) is 5.16. The van der Waals surface area contributed by atoms with E-state index in [0.29, 0.717) is 15.6 Å². The van der Waals surface area contributed by atoms with Crippen molar-refractivity contribution in [1.29, 1.82) is 0 Å². The Hall–Kier alpha value is -2.08. The number of hydrogen-bond donors (Lipinski definition) is 2. The van der Waals surface area contributed by atoms with Crippen molar-refractivity contribution in [1.82, 2.24) is 0 Å². The van der Waals surface area contributed by atoms with Gasteiger partial charge in [-0.1, -0.05) is 41.4 Å². The Morgan fingerprint density at radius 2 is 1.83 bits per heavy atom. The number of carboxylic acid groups (broad SMARTS) is 1. The van der Waals surface area contributed by atoms with E-state index in [1.54, 1.807) is 0 Å². The Morgan fingerprint density at radius 3 is 2.48 bits per heavy atom. The van der Waals surface area contributed by atoms with E-state index in [4.69, 9.17) is 28.3 Å². The van der Waals surface area contributed by atoms with Crippen LogP contribution in [0.25, 0.3) is 10.1 Å². The SMILES string of the molecule is O=C(O)c1ccc(NC(=O)c2sc3ccccc3c2Cl)cc1Cl. The molecule has 0 aliphatic carbocycles. The quantitative estimate of drug-likeness (QED) is 0.673. The van der Waals surface area contributed by atoms with Gasteiger partial charge in [0.05, 0.1) is 15.6 Å². The van der Waals surface area contributed by atoms with Crippen LogP contribution in [0.2, 0.25) is 10.0 Å². The second kappa shape index (κ2) is 6.20. The van der Waals surface area contributed by atoms with E-state index in [1.165, 1.54) is 29.5 Å². The Kier molecular flexibility index (Phi) is 4.26. The maximum atomic E-state index is 12.4. The van der Waals surface area contributed by atoms with Gasteiger partial charge in [-0.15, -0.1) is 11.3 Å². The van der Waals surface area contributed by atoms with Crippen molar-refractivity contribution >= 4 is 62.2 Å². The van der Waals surface area contributed by atoms with Gasteiger partial charge in [0, 0.05) is 15.8 Å². The number of anilines is 1. The number of hydrogen-bond acceptors (Lipinski definition) is 3. The molecule has 3 rings (SSSR count). The highest BCUT2D eigenvalue weighted by molar-refractivity contribution is 7.21. The molecular weight excluding hydrogens is 357 g/mol. The van der Waals surface area contributed by atoms with Gasteiger partial charge in [0.2, 0.25) is 0 Å². The van der Waals surface area contributed by atoms with Gasteiger partial charge in [-0.05, 0) is 24.3 Å². The van der Waals surface area contributed by atoms with Gasteiger partial charge in [0.15, 0.2) is 0 Å². The summed E-state index contributed by atoms with van der Waals surface area (Å²) in [5, 5.41) is 12.9. The van der Waals surface area contributed by atoms with E-state index >= 15 is 0 Å². The molecule has 2 aromatic carbocycles. The topological polar surface area (TPSA) is 66.4 Å². The second-order valence-corrected chi connectivity index (χ2v) is 6.53. The highest BCUT2D eigenvalue weighted by Crippen LogP contribution is 2.35. The van der Waals surface area contributed by atoms with Crippen LogP contribution in [0.4, 0.5) is 5.69 Å². The molecule has 0 spiro atoms. The first-order chi connectivity index (χ1) is 11.0. The summed E-state index contributed by atoms with van der Waals surface area (Å²) >= 11 is 13.4. The van der Waals surface area contributed by atoms with Crippen molar-refractivity contribution in [2.75, 3.05) is 5.32 Å². The molecule has 0 bridgehead atoms.